The molecule has 6 heteroatoms. The number of halogens is 1. The molecule has 0 unspecified atom stereocenters. The SMILES string of the molecule is COc1ccccc1CNC(=O)CN1CCNCC1.Cl. The number of para-hydroxylation sites is 1. The van der Waals surface area contributed by atoms with Crippen molar-refractivity contribution in [3.8, 4) is 5.75 Å². The molecule has 1 saturated heterocycles. The number of amides is 1. The van der Waals surface area contributed by atoms with Gasteiger partial charge in [-0.2, -0.15) is 0 Å². The van der Waals surface area contributed by atoms with E-state index in [0.29, 0.717) is 13.1 Å². The van der Waals surface area contributed by atoms with Gasteiger partial charge in [-0.05, 0) is 6.07 Å². The summed E-state index contributed by atoms with van der Waals surface area (Å²) < 4.78 is 5.26. The first-order valence-corrected chi connectivity index (χ1v) is 6.61. The van der Waals surface area contributed by atoms with Crippen LogP contribution in [0, 0.1) is 0 Å². The van der Waals surface area contributed by atoms with Crippen LogP contribution in [-0.4, -0.2) is 50.6 Å². The largest absolute Gasteiger partial charge is 0.496 e. The summed E-state index contributed by atoms with van der Waals surface area (Å²) in [4.78, 5) is 14.0. The molecule has 20 heavy (non-hydrogen) atoms. The van der Waals surface area contributed by atoms with Crippen molar-refractivity contribution < 1.29 is 9.53 Å². The number of carbonyl (C=O) groups is 1. The molecule has 2 rings (SSSR count). The van der Waals surface area contributed by atoms with Crippen LogP contribution in [0.15, 0.2) is 24.3 Å². The molecule has 0 radical (unpaired) electrons. The first kappa shape index (κ1) is 16.8. The molecule has 0 aliphatic carbocycles. The van der Waals surface area contributed by atoms with Crippen LogP contribution in [0.5, 0.6) is 5.75 Å². The molecule has 0 atom stereocenters. The Morgan fingerprint density at radius 2 is 2.05 bits per heavy atom. The Labute approximate surface area is 126 Å². The van der Waals surface area contributed by atoms with Crippen molar-refractivity contribution in [2.45, 2.75) is 6.54 Å². The van der Waals surface area contributed by atoms with Crippen molar-refractivity contribution in [2.75, 3.05) is 39.8 Å². The second-order valence-electron chi connectivity index (χ2n) is 4.61. The van der Waals surface area contributed by atoms with Gasteiger partial charge in [-0.3, -0.25) is 9.69 Å². The predicted molar refractivity (Wildman–Crippen MR) is 81.4 cm³/mol. The fraction of sp³-hybridized carbons (Fsp3) is 0.500. The Morgan fingerprint density at radius 3 is 2.75 bits per heavy atom. The van der Waals surface area contributed by atoms with Gasteiger partial charge in [0.2, 0.25) is 5.91 Å². The Hall–Kier alpha value is -1.30. The van der Waals surface area contributed by atoms with Crippen molar-refractivity contribution in [1.82, 2.24) is 15.5 Å². The fourth-order valence-corrected chi connectivity index (χ4v) is 2.17. The Kier molecular flexibility index (Phi) is 7.36. The molecule has 0 saturated carbocycles. The van der Waals surface area contributed by atoms with Gasteiger partial charge in [-0.15, -0.1) is 12.4 Å². The summed E-state index contributed by atoms with van der Waals surface area (Å²) in [6, 6.07) is 7.73. The molecule has 1 aliphatic rings. The van der Waals surface area contributed by atoms with Gasteiger partial charge in [0.25, 0.3) is 0 Å². The molecule has 5 nitrogen and oxygen atoms in total. The zero-order valence-electron chi connectivity index (χ0n) is 11.7. The van der Waals surface area contributed by atoms with Crippen LogP contribution < -0.4 is 15.4 Å². The van der Waals surface area contributed by atoms with E-state index in [1.54, 1.807) is 7.11 Å². The summed E-state index contributed by atoms with van der Waals surface area (Å²) in [5.74, 6) is 0.873. The second kappa shape index (κ2) is 8.79. The maximum absolute atomic E-state index is 11.9. The molecular weight excluding hydrogens is 278 g/mol. The summed E-state index contributed by atoms with van der Waals surface area (Å²) in [5, 5.41) is 6.21. The van der Waals surface area contributed by atoms with Crippen LogP contribution in [0.2, 0.25) is 0 Å². The van der Waals surface area contributed by atoms with Crippen molar-refractivity contribution in [3.05, 3.63) is 29.8 Å². The monoisotopic (exact) mass is 299 g/mol. The number of ether oxygens (including phenoxy) is 1. The molecule has 1 heterocycles. The molecule has 1 aromatic rings. The molecule has 1 amide bonds. The number of nitrogens with zero attached hydrogens (tertiary/aromatic N) is 1. The van der Waals surface area contributed by atoms with Crippen molar-refractivity contribution in [2.24, 2.45) is 0 Å². The predicted octanol–water partition coefficient (Wildman–Crippen LogP) is 0.638. The lowest BCUT2D eigenvalue weighted by Crippen LogP contribution is -2.47. The lowest BCUT2D eigenvalue weighted by atomic mass is 10.2. The van der Waals surface area contributed by atoms with E-state index in [1.165, 1.54) is 0 Å². The average Bonchev–Trinajstić information content (AvgIpc) is 2.46. The van der Waals surface area contributed by atoms with Gasteiger partial charge in [0, 0.05) is 38.3 Å². The first-order chi connectivity index (χ1) is 9.29. The topological polar surface area (TPSA) is 53.6 Å². The zero-order chi connectivity index (χ0) is 13.5. The van der Waals surface area contributed by atoms with Crippen molar-refractivity contribution in [1.29, 1.82) is 0 Å². The highest BCUT2D eigenvalue weighted by molar-refractivity contribution is 5.85. The minimum Gasteiger partial charge on any atom is -0.496 e. The second-order valence-corrected chi connectivity index (χ2v) is 4.61. The number of hydrogen-bond donors (Lipinski definition) is 2. The molecule has 0 aromatic heterocycles. The molecule has 1 fully saturated rings. The maximum atomic E-state index is 11.9. The van der Waals surface area contributed by atoms with Crippen LogP contribution in [0.1, 0.15) is 5.56 Å². The maximum Gasteiger partial charge on any atom is 0.234 e. The normalized spacial score (nSPS) is 15.2. The molecule has 1 aromatic carbocycles. The summed E-state index contributed by atoms with van der Waals surface area (Å²) in [6.45, 7) is 4.76. The number of methoxy groups -OCH3 is 1. The van der Waals surface area contributed by atoms with E-state index >= 15 is 0 Å². The van der Waals surface area contributed by atoms with E-state index in [0.717, 1.165) is 37.5 Å². The molecule has 112 valence electrons. The number of hydrogen-bond acceptors (Lipinski definition) is 4. The van der Waals surface area contributed by atoms with Crippen molar-refractivity contribution in [3.63, 3.8) is 0 Å². The van der Waals surface area contributed by atoms with Crippen LogP contribution in [-0.2, 0) is 11.3 Å². The number of piperazine rings is 1. The van der Waals surface area contributed by atoms with E-state index in [2.05, 4.69) is 15.5 Å². The molecule has 2 N–H and O–H groups in total. The third-order valence-electron chi connectivity index (χ3n) is 3.25. The highest BCUT2D eigenvalue weighted by atomic mass is 35.5. The van der Waals surface area contributed by atoms with Gasteiger partial charge >= 0.3 is 0 Å². The van der Waals surface area contributed by atoms with E-state index in [-0.39, 0.29) is 18.3 Å². The smallest absolute Gasteiger partial charge is 0.234 e. The Balaban J connectivity index is 0.00000200. The Morgan fingerprint density at radius 1 is 1.35 bits per heavy atom. The first-order valence-electron chi connectivity index (χ1n) is 6.61. The van der Waals surface area contributed by atoms with Gasteiger partial charge in [-0.1, -0.05) is 18.2 Å². The number of nitrogens with one attached hydrogen (secondary N) is 2. The number of rotatable bonds is 5. The molecule has 0 bridgehead atoms. The summed E-state index contributed by atoms with van der Waals surface area (Å²) >= 11 is 0. The lowest BCUT2D eigenvalue weighted by molar-refractivity contribution is -0.122. The highest BCUT2D eigenvalue weighted by Crippen LogP contribution is 2.16. The average molecular weight is 300 g/mol. The van der Waals surface area contributed by atoms with Gasteiger partial charge in [0.15, 0.2) is 0 Å². The van der Waals surface area contributed by atoms with Gasteiger partial charge in [-0.25, -0.2) is 0 Å². The van der Waals surface area contributed by atoms with E-state index < -0.39 is 0 Å². The molecule has 1 aliphatic heterocycles. The summed E-state index contributed by atoms with van der Waals surface area (Å²) in [6.07, 6.45) is 0. The van der Waals surface area contributed by atoms with E-state index in [1.807, 2.05) is 24.3 Å². The number of benzene rings is 1. The third-order valence-corrected chi connectivity index (χ3v) is 3.25. The fourth-order valence-electron chi connectivity index (χ4n) is 2.17. The molecular formula is C14H22ClN3O2. The standard InChI is InChI=1S/C14H21N3O2.ClH/c1-19-13-5-3-2-4-12(13)10-16-14(18)11-17-8-6-15-7-9-17;/h2-5,15H,6-11H2,1H3,(H,16,18);1H. The van der Waals surface area contributed by atoms with Gasteiger partial charge in [0.05, 0.1) is 13.7 Å². The van der Waals surface area contributed by atoms with Crippen LogP contribution in [0.4, 0.5) is 0 Å². The zero-order valence-corrected chi connectivity index (χ0v) is 12.5. The van der Waals surface area contributed by atoms with Crippen molar-refractivity contribution >= 4 is 18.3 Å². The summed E-state index contributed by atoms with van der Waals surface area (Å²) in [7, 11) is 1.64. The third kappa shape index (κ3) is 5.00. The minimum atomic E-state index is 0. The number of carbonyl (C=O) groups excluding carboxylic acids is 1. The van der Waals surface area contributed by atoms with Gasteiger partial charge < -0.3 is 15.4 Å². The van der Waals surface area contributed by atoms with Crippen LogP contribution in [0.3, 0.4) is 0 Å². The van der Waals surface area contributed by atoms with Crippen LogP contribution in [0.25, 0.3) is 0 Å². The van der Waals surface area contributed by atoms with Crippen LogP contribution >= 0.6 is 12.4 Å². The Bertz CT molecular complexity index is 423. The summed E-state index contributed by atoms with van der Waals surface area (Å²) in [5.41, 5.74) is 0.999. The van der Waals surface area contributed by atoms with E-state index in [4.69, 9.17) is 4.74 Å². The van der Waals surface area contributed by atoms with E-state index in [9.17, 15) is 4.79 Å². The highest BCUT2D eigenvalue weighted by Gasteiger charge is 2.13. The lowest BCUT2D eigenvalue weighted by Gasteiger charge is -2.26. The molecule has 0 spiro atoms. The quantitative estimate of drug-likeness (QED) is 0.838. The minimum absolute atomic E-state index is 0. The van der Waals surface area contributed by atoms with Gasteiger partial charge in [0.1, 0.15) is 5.75 Å².